The molecule has 1 amide bonds. The van der Waals surface area contributed by atoms with Crippen LogP contribution in [0.1, 0.15) is 34.2 Å². The molecule has 7 nitrogen and oxygen atoms in total. The van der Waals surface area contributed by atoms with E-state index < -0.39 is 18.0 Å². The third-order valence-electron chi connectivity index (χ3n) is 4.22. The number of nitrogens with zero attached hydrogens (tertiary/aromatic N) is 2. The predicted molar refractivity (Wildman–Crippen MR) is 109 cm³/mol. The van der Waals surface area contributed by atoms with Crippen LogP contribution in [0.3, 0.4) is 0 Å². The minimum Gasteiger partial charge on any atom is -0.449 e. The summed E-state index contributed by atoms with van der Waals surface area (Å²) in [6.07, 6.45) is 0.600. The summed E-state index contributed by atoms with van der Waals surface area (Å²) in [5.74, 6) is -0.293. The van der Waals surface area contributed by atoms with Gasteiger partial charge in [0.2, 0.25) is 0 Å². The Morgan fingerprint density at radius 3 is 2.62 bits per heavy atom. The highest BCUT2D eigenvalue weighted by atomic mass is 32.2. The second-order valence-corrected chi connectivity index (χ2v) is 7.63. The highest BCUT2D eigenvalue weighted by Gasteiger charge is 2.22. The third-order valence-corrected chi connectivity index (χ3v) is 5.22. The number of hydrogen-bond donors (Lipinski definition) is 1. The summed E-state index contributed by atoms with van der Waals surface area (Å²) in [7, 11) is 0. The van der Waals surface area contributed by atoms with Crippen LogP contribution in [0.4, 0.5) is 5.82 Å². The Morgan fingerprint density at radius 2 is 1.93 bits per heavy atom. The van der Waals surface area contributed by atoms with Crippen LogP contribution in [0, 0.1) is 20.8 Å². The molecule has 2 heterocycles. The number of amides is 1. The number of pyridine rings is 1. The van der Waals surface area contributed by atoms with Crippen molar-refractivity contribution in [1.82, 2.24) is 10.1 Å². The number of aryl methyl sites for hydroxylation is 3. The summed E-state index contributed by atoms with van der Waals surface area (Å²) < 4.78 is 10.2. The predicted octanol–water partition coefficient (Wildman–Crippen LogP) is 4.33. The number of ether oxygens (including phenoxy) is 1. The summed E-state index contributed by atoms with van der Waals surface area (Å²) in [6.45, 7) is 7.28. The van der Waals surface area contributed by atoms with Crippen LogP contribution >= 0.6 is 11.8 Å². The molecule has 0 spiro atoms. The molecule has 1 N–H and O–H groups in total. The van der Waals surface area contributed by atoms with Gasteiger partial charge in [-0.25, -0.2) is 9.78 Å². The Kier molecular flexibility index (Phi) is 6.33. The molecule has 1 aromatic carbocycles. The number of aromatic nitrogens is 2. The summed E-state index contributed by atoms with van der Waals surface area (Å²) in [4.78, 5) is 30.2. The van der Waals surface area contributed by atoms with E-state index in [1.54, 1.807) is 31.3 Å². The van der Waals surface area contributed by atoms with E-state index in [0.717, 1.165) is 10.5 Å². The maximum absolute atomic E-state index is 12.7. The number of esters is 1. The van der Waals surface area contributed by atoms with E-state index in [1.165, 1.54) is 24.2 Å². The minimum absolute atomic E-state index is 0.266. The first-order valence-electron chi connectivity index (χ1n) is 8.99. The largest absolute Gasteiger partial charge is 0.449 e. The summed E-state index contributed by atoms with van der Waals surface area (Å²) in [6, 6.07) is 10.9. The van der Waals surface area contributed by atoms with E-state index >= 15 is 0 Å². The minimum atomic E-state index is -1.01. The Labute approximate surface area is 172 Å². The molecule has 0 bridgehead atoms. The molecule has 0 aliphatic heterocycles. The van der Waals surface area contributed by atoms with Crippen LogP contribution in [0.2, 0.25) is 0 Å². The fourth-order valence-electron chi connectivity index (χ4n) is 2.45. The van der Waals surface area contributed by atoms with Gasteiger partial charge >= 0.3 is 5.97 Å². The fraction of sp³-hybridized carbons (Fsp3) is 0.238. The van der Waals surface area contributed by atoms with Crippen molar-refractivity contribution < 1.29 is 18.8 Å². The Morgan fingerprint density at radius 1 is 1.14 bits per heavy atom. The van der Waals surface area contributed by atoms with Crippen molar-refractivity contribution in [1.29, 1.82) is 0 Å². The van der Waals surface area contributed by atoms with Crippen molar-refractivity contribution in [2.45, 2.75) is 43.7 Å². The molecule has 3 aromatic rings. The van der Waals surface area contributed by atoms with Crippen molar-refractivity contribution in [3.05, 3.63) is 65.0 Å². The number of hydrogen-bond acceptors (Lipinski definition) is 7. The smallest absolute Gasteiger partial charge is 0.341 e. The zero-order chi connectivity index (χ0) is 21.0. The van der Waals surface area contributed by atoms with Gasteiger partial charge in [0, 0.05) is 17.2 Å². The van der Waals surface area contributed by atoms with Gasteiger partial charge in [-0.1, -0.05) is 23.0 Å². The van der Waals surface area contributed by atoms with Crippen LogP contribution in [0.5, 0.6) is 0 Å². The highest BCUT2D eigenvalue weighted by molar-refractivity contribution is 7.99. The first-order chi connectivity index (χ1) is 13.8. The average molecular weight is 411 g/mol. The number of rotatable bonds is 6. The van der Waals surface area contributed by atoms with Crippen LogP contribution in [0.25, 0.3) is 0 Å². The molecule has 0 saturated carbocycles. The molecule has 0 unspecified atom stereocenters. The number of benzene rings is 1. The van der Waals surface area contributed by atoms with Gasteiger partial charge in [-0.2, -0.15) is 0 Å². The van der Waals surface area contributed by atoms with Gasteiger partial charge in [0.1, 0.15) is 10.8 Å². The highest BCUT2D eigenvalue weighted by Crippen LogP contribution is 2.30. The lowest BCUT2D eigenvalue weighted by molar-refractivity contribution is -0.123. The molecule has 2 aromatic heterocycles. The normalized spacial score (nSPS) is 11.7. The van der Waals surface area contributed by atoms with Crippen molar-refractivity contribution in [2.75, 3.05) is 5.32 Å². The number of anilines is 1. The second kappa shape index (κ2) is 8.91. The zero-order valence-corrected chi connectivity index (χ0v) is 17.4. The second-order valence-electron chi connectivity index (χ2n) is 6.56. The van der Waals surface area contributed by atoms with Crippen LogP contribution < -0.4 is 5.32 Å². The molecule has 0 fully saturated rings. The molecule has 0 aliphatic carbocycles. The molecule has 0 saturated heterocycles. The van der Waals surface area contributed by atoms with E-state index in [0.29, 0.717) is 16.3 Å². The number of carbonyl (C=O) groups excluding carboxylic acids is 2. The first-order valence-corrected chi connectivity index (χ1v) is 9.80. The van der Waals surface area contributed by atoms with Gasteiger partial charge in [-0.3, -0.25) is 4.79 Å². The van der Waals surface area contributed by atoms with Gasteiger partial charge in [0.05, 0.1) is 5.56 Å². The van der Waals surface area contributed by atoms with Gasteiger partial charge in [-0.05, 0) is 63.1 Å². The molecular weight excluding hydrogens is 390 g/mol. The maximum atomic E-state index is 12.7. The maximum Gasteiger partial charge on any atom is 0.341 e. The molecule has 0 radical (unpaired) electrons. The molecule has 150 valence electrons. The third kappa shape index (κ3) is 5.23. The quantitative estimate of drug-likeness (QED) is 0.603. The Balaban J connectivity index is 1.70. The number of carbonyl (C=O) groups is 2. The van der Waals surface area contributed by atoms with Gasteiger partial charge in [0.25, 0.3) is 5.91 Å². The van der Waals surface area contributed by atoms with Gasteiger partial charge < -0.3 is 14.6 Å². The van der Waals surface area contributed by atoms with Crippen molar-refractivity contribution in [3.8, 4) is 0 Å². The lowest BCUT2D eigenvalue weighted by Crippen LogP contribution is -2.30. The van der Waals surface area contributed by atoms with E-state index in [1.807, 2.05) is 32.0 Å². The molecule has 1 atom stereocenters. The van der Waals surface area contributed by atoms with E-state index in [4.69, 9.17) is 9.26 Å². The SMILES string of the molecule is Cc1cc(NC(=O)[C@@H](C)OC(=O)c2cccnc2Sc2ccc(C)c(C)c2)no1. The lowest BCUT2D eigenvalue weighted by Gasteiger charge is -2.14. The van der Waals surface area contributed by atoms with Gasteiger partial charge in [-0.15, -0.1) is 0 Å². The number of nitrogens with one attached hydrogen (secondary N) is 1. The first kappa shape index (κ1) is 20.6. The van der Waals surface area contributed by atoms with Crippen molar-refractivity contribution >= 4 is 29.5 Å². The molecule has 8 heteroatoms. The Hall–Kier alpha value is -3.13. The summed E-state index contributed by atoms with van der Waals surface area (Å²) in [5, 5.41) is 6.75. The summed E-state index contributed by atoms with van der Waals surface area (Å²) in [5.41, 5.74) is 2.65. The van der Waals surface area contributed by atoms with Crippen LogP contribution in [-0.2, 0) is 9.53 Å². The average Bonchev–Trinajstić information content (AvgIpc) is 3.09. The zero-order valence-electron chi connectivity index (χ0n) is 16.6. The van der Waals surface area contributed by atoms with Crippen LogP contribution in [-0.4, -0.2) is 28.1 Å². The molecule has 3 rings (SSSR count). The van der Waals surface area contributed by atoms with Crippen molar-refractivity contribution in [2.24, 2.45) is 0 Å². The van der Waals surface area contributed by atoms with Crippen molar-refractivity contribution in [3.63, 3.8) is 0 Å². The molecular formula is C21H21N3O4S. The molecule has 29 heavy (non-hydrogen) atoms. The Bertz CT molecular complexity index is 1050. The van der Waals surface area contributed by atoms with E-state index in [9.17, 15) is 9.59 Å². The lowest BCUT2D eigenvalue weighted by atomic mass is 10.1. The monoisotopic (exact) mass is 411 g/mol. The van der Waals surface area contributed by atoms with Crippen LogP contribution in [0.15, 0.2) is 57.0 Å². The fourth-order valence-corrected chi connectivity index (χ4v) is 3.42. The van der Waals surface area contributed by atoms with E-state index in [-0.39, 0.29) is 5.82 Å². The standard InChI is InChI=1S/C21H21N3O4S/c1-12-7-8-16(10-13(12)2)29-20-17(6-5-9-22-20)21(26)27-15(4)19(25)23-18-11-14(3)28-24-18/h5-11,15H,1-4H3,(H,23,24,25)/t15-/m1/s1. The topological polar surface area (TPSA) is 94.3 Å². The summed E-state index contributed by atoms with van der Waals surface area (Å²) >= 11 is 1.37. The van der Waals surface area contributed by atoms with E-state index in [2.05, 4.69) is 15.5 Å². The van der Waals surface area contributed by atoms with Gasteiger partial charge in [0.15, 0.2) is 11.9 Å². The molecule has 0 aliphatic rings.